The van der Waals surface area contributed by atoms with E-state index in [1.807, 2.05) is 26.8 Å². The van der Waals surface area contributed by atoms with E-state index in [1.165, 1.54) is 7.05 Å². The van der Waals surface area contributed by atoms with Crippen LogP contribution in [-0.2, 0) is 14.8 Å². The van der Waals surface area contributed by atoms with Gasteiger partial charge in [0, 0.05) is 13.0 Å². The third-order valence-corrected chi connectivity index (χ3v) is 6.91. The molecule has 1 aromatic heterocycles. The molecule has 2 aromatic rings. The van der Waals surface area contributed by atoms with Crippen LogP contribution in [0.5, 0.6) is 0 Å². The minimum absolute atomic E-state index is 0.126. The van der Waals surface area contributed by atoms with Gasteiger partial charge in [-0.3, -0.25) is 9.10 Å². The van der Waals surface area contributed by atoms with Crippen LogP contribution in [0.2, 0.25) is 0 Å². The van der Waals surface area contributed by atoms with Crippen molar-refractivity contribution in [2.45, 2.75) is 38.0 Å². The predicted octanol–water partition coefficient (Wildman–Crippen LogP) is 3.05. The Balaban J connectivity index is 2.21. The van der Waals surface area contributed by atoms with Gasteiger partial charge < -0.3 is 5.32 Å². The molecule has 0 radical (unpaired) electrons. The van der Waals surface area contributed by atoms with Crippen LogP contribution in [0.4, 0.5) is 10.8 Å². The van der Waals surface area contributed by atoms with Gasteiger partial charge in [0.25, 0.3) is 14.4 Å². The molecule has 136 valence electrons. The SMILES string of the molecule is CCC(CC)C(=O)Nc1nnc(S(=O)(=O)N(C)c2cccc(C)c2)s1. The van der Waals surface area contributed by atoms with E-state index in [0.29, 0.717) is 18.5 Å². The summed E-state index contributed by atoms with van der Waals surface area (Å²) in [5.41, 5.74) is 1.49. The average Bonchev–Trinajstić information content (AvgIpc) is 3.04. The molecule has 0 saturated heterocycles. The van der Waals surface area contributed by atoms with Crippen molar-refractivity contribution >= 4 is 38.1 Å². The number of hydrogen-bond donors (Lipinski definition) is 1. The first-order valence-electron chi connectivity index (χ1n) is 7.99. The Hall–Kier alpha value is -2.00. The highest BCUT2D eigenvalue weighted by atomic mass is 32.2. The molecule has 2 rings (SSSR count). The van der Waals surface area contributed by atoms with E-state index >= 15 is 0 Å². The van der Waals surface area contributed by atoms with Gasteiger partial charge >= 0.3 is 0 Å². The number of aryl methyl sites for hydroxylation is 1. The number of carbonyl (C=O) groups is 1. The molecule has 1 amide bonds. The number of benzene rings is 1. The first kappa shape index (κ1) is 19.3. The fourth-order valence-electron chi connectivity index (χ4n) is 2.31. The number of nitrogens with one attached hydrogen (secondary N) is 1. The molecule has 0 unspecified atom stereocenters. The van der Waals surface area contributed by atoms with Crippen LogP contribution < -0.4 is 9.62 Å². The summed E-state index contributed by atoms with van der Waals surface area (Å²) in [7, 11) is -2.36. The summed E-state index contributed by atoms with van der Waals surface area (Å²) >= 11 is 0.850. The van der Waals surface area contributed by atoms with Crippen molar-refractivity contribution in [3.05, 3.63) is 29.8 Å². The van der Waals surface area contributed by atoms with Crippen molar-refractivity contribution in [2.75, 3.05) is 16.7 Å². The minimum Gasteiger partial charge on any atom is -0.300 e. The summed E-state index contributed by atoms with van der Waals surface area (Å²) in [6.07, 6.45) is 1.42. The van der Waals surface area contributed by atoms with Gasteiger partial charge in [0.05, 0.1) is 5.69 Å². The summed E-state index contributed by atoms with van der Waals surface area (Å²) in [6.45, 7) is 5.75. The Morgan fingerprint density at radius 2 is 1.96 bits per heavy atom. The number of nitrogens with zero attached hydrogens (tertiary/aromatic N) is 3. The maximum absolute atomic E-state index is 12.7. The standard InChI is InChI=1S/C16H22N4O3S2/c1-5-12(6-2)14(21)17-15-18-19-16(24-15)25(22,23)20(4)13-9-7-8-11(3)10-13/h7-10,12H,5-6H2,1-4H3,(H,17,18,21). The van der Waals surface area contributed by atoms with Crippen LogP contribution in [0.3, 0.4) is 0 Å². The molecule has 0 spiro atoms. The quantitative estimate of drug-likeness (QED) is 0.743. The second kappa shape index (κ2) is 7.92. The largest absolute Gasteiger partial charge is 0.300 e. The molecule has 1 heterocycles. The second-order valence-corrected chi connectivity index (χ2v) is 8.81. The van der Waals surface area contributed by atoms with Crippen molar-refractivity contribution in [1.29, 1.82) is 0 Å². The Kier molecular flexibility index (Phi) is 6.12. The molecule has 0 aliphatic heterocycles. The third kappa shape index (κ3) is 4.35. The van der Waals surface area contributed by atoms with Crippen molar-refractivity contribution in [3.8, 4) is 0 Å². The van der Waals surface area contributed by atoms with Crippen LogP contribution >= 0.6 is 11.3 Å². The van der Waals surface area contributed by atoms with Crippen LogP contribution in [-0.4, -0.2) is 31.6 Å². The van der Waals surface area contributed by atoms with E-state index in [9.17, 15) is 13.2 Å². The summed E-state index contributed by atoms with van der Waals surface area (Å²) < 4.78 is 26.4. The Labute approximate surface area is 152 Å². The van der Waals surface area contributed by atoms with Crippen molar-refractivity contribution in [2.24, 2.45) is 5.92 Å². The van der Waals surface area contributed by atoms with Gasteiger partial charge in [0.2, 0.25) is 11.0 Å². The van der Waals surface area contributed by atoms with Gasteiger partial charge in [-0.15, -0.1) is 10.2 Å². The lowest BCUT2D eigenvalue weighted by Gasteiger charge is -2.17. The summed E-state index contributed by atoms with van der Waals surface area (Å²) in [4.78, 5) is 12.1. The van der Waals surface area contributed by atoms with E-state index in [4.69, 9.17) is 0 Å². The summed E-state index contributed by atoms with van der Waals surface area (Å²) in [5.74, 6) is -0.295. The lowest BCUT2D eigenvalue weighted by atomic mass is 10.0. The molecule has 7 nitrogen and oxygen atoms in total. The van der Waals surface area contributed by atoms with Gasteiger partial charge in [-0.1, -0.05) is 37.3 Å². The summed E-state index contributed by atoms with van der Waals surface area (Å²) in [5, 5.41) is 10.4. The topological polar surface area (TPSA) is 92.3 Å². The number of rotatable bonds is 7. The van der Waals surface area contributed by atoms with Crippen LogP contribution in [0.15, 0.2) is 28.6 Å². The monoisotopic (exact) mass is 382 g/mol. The molecule has 0 aliphatic carbocycles. The van der Waals surface area contributed by atoms with Gasteiger partial charge in [0.15, 0.2) is 0 Å². The first-order chi connectivity index (χ1) is 11.8. The van der Waals surface area contributed by atoms with Crippen LogP contribution in [0, 0.1) is 12.8 Å². The molecule has 25 heavy (non-hydrogen) atoms. The number of hydrogen-bond acceptors (Lipinski definition) is 6. The van der Waals surface area contributed by atoms with E-state index < -0.39 is 10.0 Å². The number of anilines is 2. The Bertz CT molecular complexity index is 845. The molecular weight excluding hydrogens is 360 g/mol. The zero-order chi connectivity index (χ0) is 18.6. The van der Waals surface area contributed by atoms with Crippen LogP contribution in [0.1, 0.15) is 32.3 Å². The maximum Gasteiger partial charge on any atom is 0.293 e. The van der Waals surface area contributed by atoms with Gasteiger partial charge in [0.1, 0.15) is 0 Å². The fraction of sp³-hybridized carbons (Fsp3) is 0.438. The lowest BCUT2D eigenvalue weighted by Crippen LogP contribution is -2.26. The highest BCUT2D eigenvalue weighted by Crippen LogP contribution is 2.27. The zero-order valence-electron chi connectivity index (χ0n) is 14.7. The van der Waals surface area contributed by atoms with Gasteiger partial charge in [-0.2, -0.15) is 8.42 Å². The highest BCUT2D eigenvalue weighted by molar-refractivity contribution is 7.94. The Morgan fingerprint density at radius 3 is 2.56 bits per heavy atom. The minimum atomic E-state index is -3.83. The first-order valence-corrected chi connectivity index (χ1v) is 10.2. The number of aromatic nitrogens is 2. The van der Waals surface area contributed by atoms with E-state index in [1.54, 1.807) is 18.2 Å². The van der Waals surface area contributed by atoms with Crippen molar-refractivity contribution in [3.63, 3.8) is 0 Å². The molecule has 0 fully saturated rings. The van der Waals surface area contributed by atoms with Gasteiger partial charge in [-0.05, 0) is 37.5 Å². The molecule has 0 atom stereocenters. The fourth-order valence-corrected chi connectivity index (χ4v) is 4.55. The highest BCUT2D eigenvalue weighted by Gasteiger charge is 2.27. The molecule has 9 heteroatoms. The maximum atomic E-state index is 12.7. The van der Waals surface area contributed by atoms with E-state index in [2.05, 4.69) is 15.5 Å². The number of sulfonamides is 1. The molecule has 0 bridgehead atoms. The summed E-state index contributed by atoms with van der Waals surface area (Å²) in [6, 6.07) is 7.16. The third-order valence-electron chi connectivity index (χ3n) is 3.94. The Morgan fingerprint density at radius 1 is 1.28 bits per heavy atom. The van der Waals surface area contributed by atoms with Crippen molar-refractivity contribution in [1.82, 2.24) is 10.2 Å². The van der Waals surface area contributed by atoms with Crippen molar-refractivity contribution < 1.29 is 13.2 Å². The zero-order valence-corrected chi connectivity index (χ0v) is 16.3. The molecular formula is C16H22N4O3S2. The van der Waals surface area contributed by atoms with Crippen LogP contribution in [0.25, 0.3) is 0 Å². The lowest BCUT2D eigenvalue weighted by molar-refractivity contribution is -0.120. The van der Waals surface area contributed by atoms with E-state index in [-0.39, 0.29) is 21.3 Å². The molecule has 0 saturated carbocycles. The molecule has 1 N–H and O–H groups in total. The second-order valence-electron chi connectivity index (χ2n) is 5.69. The average molecular weight is 383 g/mol. The number of carbonyl (C=O) groups excluding carboxylic acids is 1. The smallest absolute Gasteiger partial charge is 0.293 e. The molecule has 0 aliphatic rings. The van der Waals surface area contributed by atoms with E-state index in [0.717, 1.165) is 21.2 Å². The predicted molar refractivity (Wildman–Crippen MR) is 99.4 cm³/mol. The molecule has 1 aromatic carbocycles. The normalized spacial score (nSPS) is 11.6. The van der Waals surface area contributed by atoms with Gasteiger partial charge in [-0.25, -0.2) is 0 Å². The number of amides is 1.